The van der Waals surface area contributed by atoms with Crippen molar-refractivity contribution in [1.82, 2.24) is 0 Å². The Labute approximate surface area is 371 Å². The Morgan fingerprint density at radius 3 is 0.985 bits per heavy atom. The summed E-state index contributed by atoms with van der Waals surface area (Å²) in [6.07, 6.45) is -7.22. The number of hydrogen-bond acceptors (Lipinski definition) is 3. The summed E-state index contributed by atoms with van der Waals surface area (Å²) in [7, 11) is 0. The molecule has 0 aliphatic heterocycles. The second-order valence-electron chi connectivity index (χ2n) is 14.0. The average Bonchev–Trinajstić information content (AvgIpc) is 3.34. The Balaban J connectivity index is 0.000000276. The lowest BCUT2D eigenvalue weighted by molar-refractivity contribution is -0.659. The molecule has 0 aliphatic rings. The molecule has 0 saturated heterocycles. The Morgan fingerprint density at radius 1 is 0.368 bits per heavy atom. The monoisotopic (exact) mass is 1000 g/mol. The Kier molecular flexibility index (Phi) is 14.1. The van der Waals surface area contributed by atoms with Crippen molar-refractivity contribution in [3.05, 3.63) is 194 Å². The molecule has 0 radical (unpaired) electrons. The van der Waals surface area contributed by atoms with Crippen molar-refractivity contribution in [2.75, 3.05) is 5.75 Å². The molecule has 0 bridgehead atoms. The van der Waals surface area contributed by atoms with E-state index in [-0.39, 0.29) is 23.9 Å². The van der Waals surface area contributed by atoms with Crippen molar-refractivity contribution in [2.24, 2.45) is 0 Å². The number of ketones is 2. The summed E-state index contributed by atoms with van der Waals surface area (Å²) in [5.41, 5.74) is -12.3. The van der Waals surface area contributed by atoms with Gasteiger partial charge in [-0.3, -0.25) is 9.59 Å². The summed E-state index contributed by atoms with van der Waals surface area (Å²) in [6.45, 7) is 0.125. The summed E-state index contributed by atoms with van der Waals surface area (Å²) >= 11 is 4.08. The maximum absolute atomic E-state index is 15.4. The van der Waals surface area contributed by atoms with E-state index < -0.39 is 144 Å². The van der Waals surface area contributed by atoms with Gasteiger partial charge in [-0.2, -0.15) is 17.2 Å². The molecule has 0 fully saturated rings. The molecule has 0 unspecified atom stereocenters. The molecule has 1 aromatic heterocycles. The fourth-order valence-corrected chi connectivity index (χ4v) is 7.65. The van der Waals surface area contributed by atoms with Gasteiger partial charge in [-0.25, -0.2) is 87.8 Å². The van der Waals surface area contributed by atoms with E-state index in [9.17, 15) is 62.3 Å². The molecule has 0 amide bonds. The van der Waals surface area contributed by atoms with E-state index in [4.69, 9.17) is 0 Å². The molecule has 1 heterocycles. The molecule has 7 aromatic rings. The quantitative estimate of drug-likeness (QED) is 0.0299. The third-order valence-corrected chi connectivity index (χ3v) is 10.8. The van der Waals surface area contributed by atoms with E-state index in [2.05, 4.69) is 12.6 Å². The predicted molar refractivity (Wildman–Crippen MR) is 202 cm³/mol. The van der Waals surface area contributed by atoms with Crippen LogP contribution in [0.4, 0.5) is 87.8 Å². The van der Waals surface area contributed by atoms with Crippen LogP contribution in [0.1, 0.15) is 20.8 Å². The molecule has 25 heteroatoms. The van der Waals surface area contributed by atoms with Gasteiger partial charge in [0.15, 0.2) is 69.8 Å². The van der Waals surface area contributed by atoms with E-state index >= 15 is 35.1 Å². The van der Waals surface area contributed by atoms with Gasteiger partial charge in [0.2, 0.25) is 29.3 Å². The maximum atomic E-state index is 15.4. The maximum Gasteiger partial charge on any atom is 0.250 e. The number of halogens is 20. The summed E-state index contributed by atoms with van der Waals surface area (Å²) in [5, 5.41) is 0.990. The molecule has 0 aliphatic carbocycles. The van der Waals surface area contributed by atoms with Gasteiger partial charge in [0.1, 0.15) is 52.7 Å². The molecule has 354 valence electrons. The van der Waals surface area contributed by atoms with Crippen LogP contribution in [0.3, 0.4) is 0 Å². The second kappa shape index (κ2) is 19.0. The lowest BCUT2D eigenvalue weighted by atomic mass is 9.12. The number of benzene rings is 6. The number of rotatable bonds is 9. The highest BCUT2D eigenvalue weighted by molar-refractivity contribution is 7.81. The van der Waals surface area contributed by atoms with Crippen LogP contribution in [0.15, 0.2) is 66.7 Å². The van der Waals surface area contributed by atoms with Crippen LogP contribution >= 0.6 is 12.6 Å². The Bertz CT molecular complexity index is 2860. The molecule has 7 rings (SSSR count). The standard InChI is InChI=1S/C24BF20.C19H15NO2S/c26-5-1(6(27)14(35)21(42)13(5)34)25(2-7(28)15(36)22(43)16(37)8(2)29,3-9(30)17(38)23(44)18(39)10(3)31)4-11(32)19(40)24(45)20(41)12(4)33;21-18(15-7-2-1-3-8-15)12-20-16-9-5-4-6-14(16)10-11-17(20)19(22)13-23/h;1-11H,12-13H2/q-1;/p+1. The highest BCUT2D eigenvalue weighted by Gasteiger charge is 2.52. The number of aromatic nitrogens is 1. The van der Waals surface area contributed by atoms with Crippen LogP contribution < -0.4 is 26.4 Å². The van der Waals surface area contributed by atoms with Crippen LogP contribution in [-0.2, 0) is 6.54 Å². The number of pyridine rings is 1. The number of carbonyl (C=O) groups is 2. The van der Waals surface area contributed by atoms with E-state index in [1.807, 2.05) is 48.5 Å². The van der Waals surface area contributed by atoms with Gasteiger partial charge in [-0.15, -0.1) is 21.9 Å². The molecule has 0 saturated carbocycles. The predicted octanol–water partition coefficient (Wildman–Crippen LogP) is 8.97. The molecule has 3 nitrogen and oxygen atoms in total. The number of carbonyl (C=O) groups excluding carboxylic acids is 2. The molecule has 0 atom stereocenters. The van der Waals surface area contributed by atoms with Crippen LogP contribution in [0.25, 0.3) is 10.9 Å². The highest BCUT2D eigenvalue weighted by Crippen LogP contribution is 2.31. The summed E-state index contributed by atoms with van der Waals surface area (Å²) < 4.78 is 296. The Hall–Kier alpha value is -6.92. The van der Waals surface area contributed by atoms with Crippen LogP contribution in [0.5, 0.6) is 0 Å². The van der Waals surface area contributed by atoms with Crippen LogP contribution in [0.2, 0.25) is 0 Å². The number of hydrogen-bond donors (Lipinski definition) is 1. The van der Waals surface area contributed by atoms with Crippen LogP contribution in [0, 0.1) is 116 Å². The molecule has 0 spiro atoms. The molecular weight excluding hydrogens is 985 g/mol. The van der Waals surface area contributed by atoms with Gasteiger partial charge in [0, 0.05) is 23.1 Å². The number of nitrogens with zero attached hydrogens (tertiary/aromatic N) is 1. The van der Waals surface area contributed by atoms with Gasteiger partial charge in [-0.1, -0.05) is 42.5 Å². The SMILES string of the molecule is Fc1c(F)c(F)c([B-](c2c(F)c(F)c(F)c(F)c2F)(c2c(F)c(F)c(F)c(F)c2F)c2c(F)c(F)c(F)c(F)c2F)c(F)c1F.O=C(C[n+]1c(C(=O)CS)ccc2ccccc21)c1ccccc1. The first-order valence-electron chi connectivity index (χ1n) is 18.3. The first-order valence-corrected chi connectivity index (χ1v) is 18.9. The van der Waals surface area contributed by atoms with Gasteiger partial charge in [-0.05, 0) is 12.1 Å². The highest BCUT2D eigenvalue weighted by atomic mass is 32.1. The number of fused-ring (bicyclic) bond motifs is 1. The lowest BCUT2D eigenvalue weighted by Gasteiger charge is -2.44. The first-order chi connectivity index (χ1) is 31.9. The number of para-hydroxylation sites is 1. The van der Waals surface area contributed by atoms with Crippen molar-refractivity contribution in [3.63, 3.8) is 0 Å². The molecule has 0 N–H and O–H groups in total. The lowest BCUT2D eigenvalue weighted by Crippen LogP contribution is -2.81. The van der Waals surface area contributed by atoms with Gasteiger partial charge < -0.3 is 0 Å². The van der Waals surface area contributed by atoms with E-state index in [1.165, 1.54) is 0 Å². The summed E-state index contributed by atoms with van der Waals surface area (Å²) in [5.74, 6) is -71.4. The fraction of sp³-hybridized carbons (Fsp3) is 0.0465. The van der Waals surface area contributed by atoms with Gasteiger partial charge in [0.05, 0.1) is 5.75 Å². The largest absolute Gasteiger partial charge is 0.287 e. The average molecular weight is 1000 g/mol. The minimum Gasteiger partial charge on any atom is -0.287 e. The topological polar surface area (TPSA) is 38.0 Å². The van der Waals surface area contributed by atoms with E-state index in [0.717, 1.165) is 10.9 Å². The normalized spacial score (nSPS) is 11.5. The van der Waals surface area contributed by atoms with Crippen LogP contribution in [-0.4, -0.2) is 23.5 Å². The zero-order valence-corrected chi connectivity index (χ0v) is 33.5. The molecule has 6 aromatic carbocycles. The first kappa shape index (κ1) is 50.5. The van der Waals surface area contributed by atoms with E-state index in [1.54, 1.807) is 22.8 Å². The smallest absolute Gasteiger partial charge is 0.250 e. The van der Waals surface area contributed by atoms with Gasteiger partial charge in [0.25, 0.3) is 0 Å². The molecular formula is C43H16BF20NO2S. The Morgan fingerprint density at radius 2 is 0.662 bits per heavy atom. The minimum atomic E-state index is -7.22. The van der Waals surface area contributed by atoms with Crippen molar-refractivity contribution < 1.29 is 102 Å². The summed E-state index contributed by atoms with van der Waals surface area (Å²) in [6, 6.07) is 20.5. The van der Waals surface area contributed by atoms with Gasteiger partial charge >= 0.3 is 0 Å². The third kappa shape index (κ3) is 7.88. The second-order valence-corrected chi connectivity index (χ2v) is 14.4. The van der Waals surface area contributed by atoms with E-state index in [0.29, 0.717) is 11.3 Å². The van der Waals surface area contributed by atoms with Crippen molar-refractivity contribution in [3.8, 4) is 0 Å². The zero-order valence-electron chi connectivity index (χ0n) is 32.6. The summed E-state index contributed by atoms with van der Waals surface area (Å²) in [4.78, 5) is 24.8. The van der Waals surface area contributed by atoms with Crippen molar-refractivity contribution in [2.45, 2.75) is 6.54 Å². The third-order valence-electron chi connectivity index (χ3n) is 10.5. The number of Topliss-reactive ketones (excluding diaryl/α,β-unsaturated/α-hetero) is 2. The minimum absolute atomic E-state index is 0.0276. The molecule has 68 heavy (non-hydrogen) atoms. The zero-order chi connectivity index (χ0) is 50.6. The van der Waals surface area contributed by atoms with Crippen molar-refractivity contribution in [1.29, 1.82) is 0 Å². The van der Waals surface area contributed by atoms with Crippen molar-refractivity contribution >= 4 is 63.1 Å². The fourth-order valence-electron chi connectivity index (χ4n) is 7.49. The number of thiol groups is 1.